The van der Waals surface area contributed by atoms with Gasteiger partial charge in [-0.05, 0) is 30.3 Å². The van der Waals surface area contributed by atoms with E-state index in [0.717, 1.165) is 18.0 Å². The quantitative estimate of drug-likeness (QED) is 0.380. The third kappa shape index (κ3) is 5.45. The second kappa shape index (κ2) is 10.5. The number of rotatable bonds is 6. The van der Waals surface area contributed by atoms with E-state index < -0.39 is 53.8 Å². The molecule has 1 aliphatic rings. The Kier molecular flexibility index (Phi) is 8.21. The summed E-state index contributed by atoms with van der Waals surface area (Å²) in [5.41, 5.74) is 4.56. The van der Waals surface area contributed by atoms with Gasteiger partial charge in [0.25, 0.3) is 0 Å². The molecule has 2 aromatic rings. The Bertz CT molecular complexity index is 994. The minimum absolute atomic E-state index is 0.148. The minimum atomic E-state index is -1.63. The Labute approximate surface area is 195 Å². The van der Waals surface area contributed by atoms with E-state index in [1.807, 2.05) is 0 Å². The number of aliphatic hydroxyl groups excluding tert-OH is 3. The zero-order valence-corrected chi connectivity index (χ0v) is 18.5. The van der Waals surface area contributed by atoms with Crippen molar-refractivity contribution >= 4 is 40.7 Å². The fourth-order valence-electron chi connectivity index (χ4n) is 3.06. The molecular formula is C20H19Cl2F3N2O4S. The van der Waals surface area contributed by atoms with Crippen LogP contribution in [0.15, 0.2) is 41.4 Å². The summed E-state index contributed by atoms with van der Waals surface area (Å²) in [6.07, 6.45) is -2.60. The molecule has 6 nitrogen and oxygen atoms in total. The third-order valence-electron chi connectivity index (χ3n) is 4.78. The molecule has 12 heteroatoms. The van der Waals surface area contributed by atoms with Crippen molar-refractivity contribution in [2.75, 3.05) is 6.61 Å². The van der Waals surface area contributed by atoms with Crippen molar-refractivity contribution in [3.05, 3.63) is 69.6 Å². The Morgan fingerprint density at radius 3 is 2.34 bits per heavy atom. The first-order valence-electron chi connectivity index (χ1n) is 9.23. The maximum Gasteiger partial charge on any atom is 0.194 e. The molecule has 0 amide bonds. The fraction of sp³-hybridized carbons (Fsp3) is 0.300. The lowest BCUT2D eigenvalue weighted by Gasteiger charge is -2.42. The van der Waals surface area contributed by atoms with Crippen molar-refractivity contribution in [1.29, 1.82) is 0 Å². The van der Waals surface area contributed by atoms with Crippen LogP contribution >= 0.6 is 35.0 Å². The van der Waals surface area contributed by atoms with Crippen LogP contribution in [0.4, 0.5) is 13.2 Å². The van der Waals surface area contributed by atoms with Gasteiger partial charge in [-0.15, -0.1) is 0 Å². The van der Waals surface area contributed by atoms with Crippen molar-refractivity contribution in [2.24, 2.45) is 5.73 Å². The number of ether oxygens (including phenoxy) is 1. The normalized spacial score (nSPS) is 26.2. The molecule has 174 valence electrons. The van der Waals surface area contributed by atoms with Crippen molar-refractivity contribution in [3.8, 4) is 0 Å². The van der Waals surface area contributed by atoms with Crippen LogP contribution in [-0.2, 0) is 4.74 Å². The van der Waals surface area contributed by atoms with Crippen molar-refractivity contribution < 1.29 is 33.2 Å². The molecule has 5 atom stereocenters. The topological polar surface area (TPSA) is 108 Å². The van der Waals surface area contributed by atoms with E-state index in [-0.39, 0.29) is 11.3 Å². The zero-order chi connectivity index (χ0) is 23.6. The highest BCUT2D eigenvalue weighted by atomic mass is 35.5. The highest BCUT2D eigenvalue weighted by Crippen LogP contribution is 2.36. The van der Waals surface area contributed by atoms with Gasteiger partial charge in [-0.2, -0.15) is 0 Å². The van der Waals surface area contributed by atoms with Gasteiger partial charge in [0, 0.05) is 16.7 Å². The van der Waals surface area contributed by atoms with Crippen LogP contribution in [0.25, 0.3) is 5.70 Å². The first kappa shape index (κ1) is 25.0. The Balaban J connectivity index is 1.80. The van der Waals surface area contributed by atoms with Gasteiger partial charge in [-0.1, -0.05) is 35.0 Å². The molecule has 6 N–H and O–H groups in total. The Morgan fingerprint density at radius 2 is 1.75 bits per heavy atom. The SMILES string of the molecule is N/C(=C\NC1C(O)C(CO)OC(Sc2ccc(Cl)c(Cl)c2)C1O)c1cc(F)c(F)c(F)c1. The Hall–Kier alpha value is -1.66. The molecule has 3 rings (SSSR count). The van der Waals surface area contributed by atoms with E-state index in [4.69, 9.17) is 33.7 Å². The summed E-state index contributed by atoms with van der Waals surface area (Å²) in [7, 11) is 0. The van der Waals surface area contributed by atoms with E-state index in [0.29, 0.717) is 27.1 Å². The molecular weight excluding hydrogens is 492 g/mol. The largest absolute Gasteiger partial charge is 0.397 e. The van der Waals surface area contributed by atoms with Crippen LogP contribution in [0.2, 0.25) is 10.0 Å². The number of benzene rings is 2. The summed E-state index contributed by atoms with van der Waals surface area (Å²) in [4.78, 5) is 0.614. The number of nitrogens with one attached hydrogen (secondary N) is 1. The average molecular weight is 511 g/mol. The van der Waals surface area contributed by atoms with Gasteiger partial charge in [-0.3, -0.25) is 0 Å². The number of hydrogen-bond donors (Lipinski definition) is 5. The van der Waals surface area contributed by atoms with Gasteiger partial charge in [0.2, 0.25) is 0 Å². The predicted octanol–water partition coefficient (Wildman–Crippen LogP) is 2.86. The first-order valence-corrected chi connectivity index (χ1v) is 10.9. The first-order chi connectivity index (χ1) is 15.1. The number of nitrogens with two attached hydrogens (primary N) is 1. The van der Waals surface area contributed by atoms with Crippen LogP contribution in [0, 0.1) is 17.5 Å². The van der Waals surface area contributed by atoms with Crippen LogP contribution in [0.1, 0.15) is 5.56 Å². The molecule has 1 fully saturated rings. The molecule has 2 aromatic carbocycles. The van der Waals surface area contributed by atoms with Crippen LogP contribution in [0.3, 0.4) is 0 Å². The monoisotopic (exact) mass is 510 g/mol. The van der Waals surface area contributed by atoms with Gasteiger partial charge in [0.05, 0.1) is 28.4 Å². The molecule has 0 radical (unpaired) electrons. The lowest BCUT2D eigenvalue weighted by atomic mass is 9.97. The molecule has 1 aliphatic heterocycles. The van der Waals surface area contributed by atoms with E-state index in [1.165, 1.54) is 0 Å². The summed E-state index contributed by atoms with van der Waals surface area (Å²) >= 11 is 13.0. The summed E-state index contributed by atoms with van der Waals surface area (Å²) in [6, 6.07) is 5.15. The van der Waals surface area contributed by atoms with Gasteiger partial charge < -0.3 is 31.1 Å². The van der Waals surface area contributed by atoms with E-state index >= 15 is 0 Å². The molecule has 0 spiro atoms. The second-order valence-electron chi connectivity index (χ2n) is 6.95. The minimum Gasteiger partial charge on any atom is -0.397 e. The van der Waals surface area contributed by atoms with E-state index in [1.54, 1.807) is 18.2 Å². The summed E-state index contributed by atoms with van der Waals surface area (Å²) < 4.78 is 45.7. The predicted molar refractivity (Wildman–Crippen MR) is 115 cm³/mol. The van der Waals surface area contributed by atoms with E-state index in [2.05, 4.69) is 5.32 Å². The second-order valence-corrected chi connectivity index (χ2v) is 8.93. The molecule has 1 heterocycles. The maximum atomic E-state index is 13.5. The highest BCUT2D eigenvalue weighted by Gasteiger charge is 2.44. The standard InChI is InChI=1S/C20H19Cl2F3N2O4S/c21-10-2-1-9(5-11(10)22)32-20-19(30)17(18(29)15(7-28)31-20)27-6-14(26)8-3-12(23)16(25)13(24)4-8/h1-6,15,17-20,27-30H,7,26H2/b14-6-. The zero-order valence-electron chi connectivity index (χ0n) is 16.2. The number of thioether (sulfide) groups is 1. The van der Waals surface area contributed by atoms with Gasteiger partial charge in [0.15, 0.2) is 17.5 Å². The highest BCUT2D eigenvalue weighted by molar-refractivity contribution is 7.99. The fourth-order valence-corrected chi connectivity index (χ4v) is 4.53. The molecule has 0 aliphatic carbocycles. The maximum absolute atomic E-state index is 13.5. The molecule has 0 bridgehead atoms. The summed E-state index contributed by atoms with van der Waals surface area (Å²) in [5, 5.41) is 34.1. The van der Waals surface area contributed by atoms with Crippen LogP contribution in [-0.4, -0.2) is 51.7 Å². The third-order valence-corrected chi connectivity index (χ3v) is 6.66. The van der Waals surface area contributed by atoms with E-state index in [9.17, 15) is 28.5 Å². The number of hydrogen-bond acceptors (Lipinski definition) is 7. The summed E-state index contributed by atoms with van der Waals surface area (Å²) in [5.74, 6) is -4.46. The summed E-state index contributed by atoms with van der Waals surface area (Å²) in [6.45, 7) is -0.544. The number of aliphatic hydroxyl groups is 3. The van der Waals surface area contributed by atoms with Crippen molar-refractivity contribution in [3.63, 3.8) is 0 Å². The smallest absolute Gasteiger partial charge is 0.194 e. The molecule has 5 unspecified atom stereocenters. The van der Waals surface area contributed by atoms with Crippen LogP contribution in [0.5, 0.6) is 0 Å². The van der Waals surface area contributed by atoms with Gasteiger partial charge in [-0.25, -0.2) is 13.2 Å². The molecule has 0 aromatic heterocycles. The van der Waals surface area contributed by atoms with Crippen LogP contribution < -0.4 is 11.1 Å². The van der Waals surface area contributed by atoms with Crippen molar-refractivity contribution in [1.82, 2.24) is 5.32 Å². The lowest BCUT2D eigenvalue weighted by Crippen LogP contribution is -2.62. The molecule has 32 heavy (non-hydrogen) atoms. The number of halogens is 5. The average Bonchev–Trinajstić information content (AvgIpc) is 2.75. The Morgan fingerprint density at radius 1 is 1.09 bits per heavy atom. The van der Waals surface area contributed by atoms with Gasteiger partial charge in [0.1, 0.15) is 23.7 Å². The lowest BCUT2D eigenvalue weighted by molar-refractivity contribution is -0.164. The molecule has 0 saturated carbocycles. The molecule has 1 saturated heterocycles. The van der Waals surface area contributed by atoms with Gasteiger partial charge >= 0.3 is 0 Å². The van der Waals surface area contributed by atoms with Crippen molar-refractivity contribution in [2.45, 2.75) is 34.7 Å².